The molecule has 2 aliphatic rings. The van der Waals surface area contributed by atoms with Crippen LogP contribution in [0.25, 0.3) is 0 Å². The van der Waals surface area contributed by atoms with Gasteiger partial charge in [-0.25, -0.2) is 4.98 Å². The number of aromatic nitrogens is 1. The van der Waals surface area contributed by atoms with Gasteiger partial charge in [0.2, 0.25) is 0 Å². The van der Waals surface area contributed by atoms with Crippen LogP contribution >= 0.6 is 0 Å². The molecule has 0 radical (unpaired) electrons. The summed E-state index contributed by atoms with van der Waals surface area (Å²) in [6, 6.07) is 11.8. The van der Waals surface area contributed by atoms with E-state index in [1.54, 1.807) is 6.07 Å². The van der Waals surface area contributed by atoms with Gasteiger partial charge in [-0.1, -0.05) is 24.3 Å². The topological polar surface area (TPSA) is 68.1 Å². The van der Waals surface area contributed by atoms with Gasteiger partial charge in [0, 0.05) is 12.6 Å². The Morgan fingerprint density at radius 3 is 2.90 bits per heavy atom. The summed E-state index contributed by atoms with van der Waals surface area (Å²) in [4.78, 5) is 14.2. The highest BCUT2D eigenvalue weighted by Gasteiger charge is 2.54. The minimum absolute atomic E-state index is 0.0257. The third-order valence-corrected chi connectivity index (χ3v) is 4.68. The van der Waals surface area contributed by atoms with Crippen molar-refractivity contribution in [1.29, 1.82) is 0 Å². The molecule has 4 rings (SSSR count). The van der Waals surface area contributed by atoms with E-state index in [0.717, 1.165) is 12.5 Å². The standard InChI is InChI=1S/C16H15N3O2/c20-19(21)11-5-6-15(17-8-11)18-9-14-13-7-10-3-1-2-4-12(10)16(13)14/h1-6,8,13-14,16H,7,9H2,(H,17,18). The monoisotopic (exact) mass is 281 g/mol. The lowest BCUT2D eigenvalue weighted by atomic mass is 10.0. The second-order valence-electron chi connectivity index (χ2n) is 5.80. The average Bonchev–Trinajstić information content (AvgIpc) is 3.04. The molecule has 5 heteroatoms. The first kappa shape index (κ1) is 12.3. The number of benzene rings is 1. The van der Waals surface area contributed by atoms with Gasteiger partial charge in [-0.3, -0.25) is 10.1 Å². The van der Waals surface area contributed by atoms with Crippen LogP contribution < -0.4 is 5.32 Å². The number of nitro groups is 1. The number of nitrogens with zero attached hydrogens (tertiary/aromatic N) is 2. The second-order valence-corrected chi connectivity index (χ2v) is 5.80. The molecule has 0 saturated heterocycles. The van der Waals surface area contributed by atoms with Gasteiger partial charge in [0.05, 0.1) is 4.92 Å². The zero-order chi connectivity index (χ0) is 14.4. The van der Waals surface area contributed by atoms with Crippen LogP contribution in [0, 0.1) is 22.0 Å². The number of rotatable bonds is 4. The van der Waals surface area contributed by atoms with Crippen LogP contribution in [0.2, 0.25) is 0 Å². The Morgan fingerprint density at radius 2 is 2.14 bits per heavy atom. The molecule has 0 spiro atoms. The van der Waals surface area contributed by atoms with Crippen molar-refractivity contribution >= 4 is 11.5 Å². The average molecular weight is 281 g/mol. The Hall–Kier alpha value is -2.43. The highest BCUT2D eigenvalue weighted by atomic mass is 16.6. The highest BCUT2D eigenvalue weighted by Crippen LogP contribution is 2.61. The molecule has 1 aromatic heterocycles. The molecule has 106 valence electrons. The summed E-state index contributed by atoms with van der Waals surface area (Å²) in [6.07, 6.45) is 2.48. The summed E-state index contributed by atoms with van der Waals surface area (Å²) in [5.41, 5.74) is 3.03. The quantitative estimate of drug-likeness (QED) is 0.691. The van der Waals surface area contributed by atoms with Crippen LogP contribution in [0.1, 0.15) is 17.0 Å². The van der Waals surface area contributed by atoms with E-state index in [1.807, 2.05) is 0 Å². The van der Waals surface area contributed by atoms with E-state index < -0.39 is 4.92 Å². The Labute approximate surface area is 122 Å². The van der Waals surface area contributed by atoms with Crippen molar-refractivity contribution in [3.8, 4) is 0 Å². The zero-order valence-corrected chi connectivity index (χ0v) is 11.4. The van der Waals surface area contributed by atoms with E-state index in [0.29, 0.717) is 17.7 Å². The number of nitrogens with one attached hydrogen (secondary N) is 1. The predicted octanol–water partition coefficient (Wildman–Crippen LogP) is 2.99. The molecule has 3 unspecified atom stereocenters. The summed E-state index contributed by atoms with van der Waals surface area (Å²) in [5, 5.41) is 13.9. The number of fused-ring (bicyclic) bond motifs is 3. The molecule has 3 atom stereocenters. The smallest absolute Gasteiger partial charge is 0.287 e. The van der Waals surface area contributed by atoms with E-state index in [4.69, 9.17) is 0 Å². The Bertz CT molecular complexity index is 699. The van der Waals surface area contributed by atoms with Gasteiger partial charge in [0.1, 0.15) is 12.0 Å². The summed E-state index contributed by atoms with van der Waals surface area (Å²) in [6.45, 7) is 0.883. The molecule has 0 bridgehead atoms. The summed E-state index contributed by atoms with van der Waals surface area (Å²) >= 11 is 0. The van der Waals surface area contributed by atoms with Crippen molar-refractivity contribution in [3.05, 3.63) is 63.8 Å². The number of hydrogen-bond acceptors (Lipinski definition) is 4. The Balaban J connectivity index is 1.38. The van der Waals surface area contributed by atoms with Crippen molar-refractivity contribution < 1.29 is 4.92 Å². The van der Waals surface area contributed by atoms with E-state index in [1.165, 1.54) is 29.8 Å². The molecular formula is C16H15N3O2. The first-order valence-electron chi connectivity index (χ1n) is 7.16. The summed E-state index contributed by atoms with van der Waals surface area (Å²) in [5.74, 6) is 2.82. The van der Waals surface area contributed by atoms with Gasteiger partial charge in [-0.05, 0) is 41.4 Å². The normalized spacial score (nSPS) is 25.0. The maximum atomic E-state index is 10.6. The van der Waals surface area contributed by atoms with Crippen molar-refractivity contribution in [2.75, 3.05) is 11.9 Å². The lowest BCUT2D eigenvalue weighted by Crippen LogP contribution is -2.09. The molecule has 2 aliphatic carbocycles. The second kappa shape index (κ2) is 4.55. The molecule has 2 aromatic rings. The predicted molar refractivity (Wildman–Crippen MR) is 79.2 cm³/mol. The van der Waals surface area contributed by atoms with Crippen LogP contribution in [0.15, 0.2) is 42.6 Å². The molecule has 5 nitrogen and oxygen atoms in total. The van der Waals surface area contributed by atoms with Gasteiger partial charge in [-0.2, -0.15) is 0 Å². The molecule has 1 heterocycles. The first-order chi connectivity index (χ1) is 10.2. The van der Waals surface area contributed by atoms with Gasteiger partial charge >= 0.3 is 0 Å². The lowest BCUT2D eigenvalue weighted by molar-refractivity contribution is -0.385. The molecule has 0 aliphatic heterocycles. The number of hydrogen-bond donors (Lipinski definition) is 1. The van der Waals surface area contributed by atoms with Crippen molar-refractivity contribution in [3.63, 3.8) is 0 Å². The maximum absolute atomic E-state index is 10.6. The minimum atomic E-state index is -0.432. The van der Waals surface area contributed by atoms with E-state index in [9.17, 15) is 10.1 Å². The molecule has 0 amide bonds. The lowest BCUT2D eigenvalue weighted by Gasteiger charge is -2.09. The molecule has 1 N–H and O–H groups in total. The molecular weight excluding hydrogens is 266 g/mol. The van der Waals surface area contributed by atoms with Crippen molar-refractivity contribution in [1.82, 2.24) is 4.98 Å². The fourth-order valence-corrected chi connectivity index (χ4v) is 3.58. The first-order valence-corrected chi connectivity index (χ1v) is 7.16. The van der Waals surface area contributed by atoms with Crippen molar-refractivity contribution in [2.24, 2.45) is 11.8 Å². The van der Waals surface area contributed by atoms with Crippen LogP contribution in [0.4, 0.5) is 11.5 Å². The fraction of sp³-hybridized carbons (Fsp3) is 0.312. The molecule has 1 saturated carbocycles. The Kier molecular flexibility index (Phi) is 2.67. The fourth-order valence-electron chi connectivity index (χ4n) is 3.58. The Morgan fingerprint density at radius 1 is 1.29 bits per heavy atom. The van der Waals surface area contributed by atoms with Gasteiger partial charge in [0.25, 0.3) is 5.69 Å². The van der Waals surface area contributed by atoms with Crippen LogP contribution in [-0.4, -0.2) is 16.5 Å². The summed E-state index contributed by atoms with van der Waals surface area (Å²) in [7, 11) is 0. The number of anilines is 1. The van der Waals surface area contributed by atoms with Gasteiger partial charge < -0.3 is 5.32 Å². The molecule has 1 aromatic carbocycles. The van der Waals surface area contributed by atoms with Crippen LogP contribution in [0.5, 0.6) is 0 Å². The van der Waals surface area contributed by atoms with Gasteiger partial charge in [-0.15, -0.1) is 0 Å². The third kappa shape index (κ3) is 2.05. The largest absolute Gasteiger partial charge is 0.370 e. The van der Waals surface area contributed by atoms with E-state index >= 15 is 0 Å². The SMILES string of the molecule is O=[N+]([O-])c1ccc(NCC2C3Cc4ccccc4C23)nc1. The zero-order valence-electron chi connectivity index (χ0n) is 11.4. The highest BCUT2D eigenvalue weighted by molar-refractivity contribution is 5.45. The third-order valence-electron chi connectivity index (χ3n) is 4.68. The number of pyridine rings is 1. The molecule has 21 heavy (non-hydrogen) atoms. The summed E-state index contributed by atoms with van der Waals surface area (Å²) < 4.78 is 0. The van der Waals surface area contributed by atoms with Crippen LogP contribution in [0.3, 0.4) is 0 Å². The van der Waals surface area contributed by atoms with E-state index in [2.05, 4.69) is 34.6 Å². The van der Waals surface area contributed by atoms with Crippen molar-refractivity contribution in [2.45, 2.75) is 12.3 Å². The molecule has 1 fully saturated rings. The van der Waals surface area contributed by atoms with E-state index in [-0.39, 0.29) is 5.69 Å². The minimum Gasteiger partial charge on any atom is -0.370 e. The van der Waals surface area contributed by atoms with Crippen LogP contribution in [-0.2, 0) is 6.42 Å². The maximum Gasteiger partial charge on any atom is 0.287 e. The van der Waals surface area contributed by atoms with Gasteiger partial charge in [0.15, 0.2) is 0 Å².